The van der Waals surface area contributed by atoms with Crippen LogP contribution in [0.1, 0.15) is 70.8 Å². The average Bonchev–Trinajstić information content (AvgIpc) is 3.79. The molecule has 9 heteroatoms. The summed E-state index contributed by atoms with van der Waals surface area (Å²) in [5.74, 6) is 0.791. The second kappa shape index (κ2) is 10.2. The van der Waals surface area contributed by atoms with Gasteiger partial charge >= 0.3 is 0 Å². The maximum Gasteiger partial charge on any atom is 0.277 e. The Morgan fingerprint density at radius 2 is 1.73 bits per heavy atom. The second-order valence-corrected chi connectivity index (χ2v) is 12.2. The van der Waals surface area contributed by atoms with Gasteiger partial charge < -0.3 is 30.0 Å². The Bertz CT molecular complexity index is 1470. The van der Waals surface area contributed by atoms with Crippen molar-refractivity contribution in [2.75, 3.05) is 41.3 Å². The molecule has 1 saturated heterocycles. The van der Waals surface area contributed by atoms with E-state index in [1.165, 1.54) is 17.5 Å². The van der Waals surface area contributed by atoms with Gasteiger partial charge in [0, 0.05) is 43.5 Å². The van der Waals surface area contributed by atoms with Crippen LogP contribution in [0.5, 0.6) is 0 Å². The molecule has 3 saturated carbocycles. The number of aromatic nitrogens is 1. The number of hydrogen-bond donors (Lipinski definition) is 3. The van der Waals surface area contributed by atoms with Gasteiger partial charge in [0.15, 0.2) is 5.69 Å². The van der Waals surface area contributed by atoms with Crippen LogP contribution in [0.15, 0.2) is 53.1 Å². The Hall–Kier alpha value is -3.85. The third-order valence-electron chi connectivity index (χ3n) is 9.41. The molecule has 2 unspecified atom stereocenters. The quantitative estimate of drug-likeness (QED) is 0.400. The van der Waals surface area contributed by atoms with Crippen LogP contribution >= 0.6 is 0 Å². The lowest BCUT2D eigenvalue weighted by molar-refractivity contribution is 0.0849. The summed E-state index contributed by atoms with van der Waals surface area (Å²) in [6, 6.07) is 13.9. The first-order chi connectivity index (χ1) is 19.9. The fraction of sp³-hybridized carbons (Fsp3) is 0.469. The highest BCUT2D eigenvalue weighted by molar-refractivity contribution is 6.06. The number of aryl methyl sites for hydroxylation is 1. The minimum absolute atomic E-state index is 0.0555. The van der Waals surface area contributed by atoms with E-state index in [2.05, 4.69) is 56.6 Å². The fourth-order valence-electron chi connectivity index (χ4n) is 6.57. The number of hydrogen-bond acceptors (Lipinski definition) is 7. The first kappa shape index (κ1) is 26.1. The van der Waals surface area contributed by atoms with Crippen molar-refractivity contribution in [3.63, 3.8) is 0 Å². The molecule has 4 fully saturated rings. The summed E-state index contributed by atoms with van der Waals surface area (Å²) in [5.41, 5.74) is 4.77. The summed E-state index contributed by atoms with van der Waals surface area (Å²) in [7, 11) is 0. The Morgan fingerprint density at radius 3 is 2.44 bits per heavy atom. The van der Waals surface area contributed by atoms with Gasteiger partial charge in [-0.15, -0.1) is 0 Å². The smallest absolute Gasteiger partial charge is 0.277 e. The van der Waals surface area contributed by atoms with Crippen LogP contribution in [0.25, 0.3) is 0 Å². The topological polar surface area (TPSA) is 111 Å². The van der Waals surface area contributed by atoms with Crippen molar-refractivity contribution in [3.8, 4) is 0 Å². The third-order valence-corrected chi connectivity index (χ3v) is 9.41. The highest BCUT2D eigenvalue weighted by Crippen LogP contribution is 2.75. The van der Waals surface area contributed by atoms with Gasteiger partial charge in [0.05, 0.1) is 22.9 Å². The monoisotopic (exact) mass is 555 g/mol. The number of anilines is 3. The van der Waals surface area contributed by atoms with Gasteiger partial charge in [-0.1, -0.05) is 18.2 Å². The molecule has 0 radical (unpaired) electrons. The summed E-state index contributed by atoms with van der Waals surface area (Å²) in [6.07, 6.45) is 6.35. The number of carbonyl (C=O) groups excluding carboxylic acids is 2. The van der Waals surface area contributed by atoms with Gasteiger partial charge in [-0.3, -0.25) is 9.59 Å². The molecule has 3 aromatic rings. The molecule has 214 valence electrons. The molecule has 2 atom stereocenters. The van der Waals surface area contributed by atoms with Crippen LogP contribution in [0.4, 0.5) is 17.1 Å². The zero-order chi connectivity index (χ0) is 28.1. The van der Waals surface area contributed by atoms with E-state index in [-0.39, 0.29) is 35.1 Å². The van der Waals surface area contributed by atoms with Crippen molar-refractivity contribution >= 4 is 28.9 Å². The molecule has 0 spiro atoms. The van der Waals surface area contributed by atoms with E-state index >= 15 is 0 Å². The maximum absolute atomic E-state index is 13.3. The molecule has 3 N–H and O–H groups in total. The van der Waals surface area contributed by atoms with E-state index in [4.69, 9.17) is 4.42 Å². The van der Waals surface area contributed by atoms with Gasteiger partial charge in [0.25, 0.3) is 11.8 Å². The number of aliphatic hydroxyl groups excluding tert-OH is 1. The number of fused-ring (bicyclic) bond motifs is 1. The Labute approximate surface area is 239 Å². The molecule has 2 amide bonds. The number of rotatable bonds is 7. The predicted molar refractivity (Wildman–Crippen MR) is 157 cm³/mol. The Balaban J connectivity index is 1.11. The number of carbonyl (C=O) groups is 2. The number of nitrogens with one attached hydrogen (secondary N) is 2. The molecule has 3 aliphatic carbocycles. The van der Waals surface area contributed by atoms with E-state index in [1.54, 1.807) is 6.07 Å². The van der Waals surface area contributed by atoms with Crippen LogP contribution in [0, 0.1) is 12.8 Å². The zero-order valence-corrected chi connectivity index (χ0v) is 23.4. The average molecular weight is 556 g/mol. The van der Waals surface area contributed by atoms with E-state index in [0.29, 0.717) is 29.5 Å². The van der Waals surface area contributed by atoms with Crippen molar-refractivity contribution in [1.29, 1.82) is 0 Å². The summed E-state index contributed by atoms with van der Waals surface area (Å²) < 4.78 is 5.68. The van der Waals surface area contributed by atoms with Crippen LogP contribution in [-0.2, 0) is 5.41 Å². The largest absolute Gasteiger partial charge is 0.448 e. The van der Waals surface area contributed by atoms with Crippen molar-refractivity contribution in [2.45, 2.75) is 63.0 Å². The first-order valence-electron chi connectivity index (χ1n) is 14.9. The van der Waals surface area contributed by atoms with E-state index in [1.807, 2.05) is 12.1 Å². The number of amides is 2. The minimum Gasteiger partial charge on any atom is -0.448 e. The molecule has 1 aromatic heterocycles. The van der Waals surface area contributed by atoms with Crippen molar-refractivity contribution in [2.24, 2.45) is 5.92 Å². The van der Waals surface area contributed by atoms with Crippen molar-refractivity contribution < 1.29 is 19.1 Å². The predicted octanol–water partition coefficient (Wildman–Crippen LogP) is 4.26. The number of benzene rings is 2. The first-order valence-corrected chi connectivity index (χ1v) is 14.9. The summed E-state index contributed by atoms with van der Waals surface area (Å²) in [5, 5.41) is 16.2. The molecular formula is C32H37N5O4. The molecule has 0 bridgehead atoms. The molecule has 1 aliphatic heterocycles. The lowest BCUT2D eigenvalue weighted by atomic mass is 9.93. The third kappa shape index (κ3) is 5.07. The number of oxazole rings is 1. The minimum atomic E-state index is -0.377. The van der Waals surface area contributed by atoms with Crippen LogP contribution in [0.2, 0.25) is 0 Å². The SMILES string of the molecule is Cc1ccccc1N1CCN(c2ccc(C(=O)NC3CCCC(O)C3)cc2NC(=O)c2coc(C34CC3C4)n2)CC1. The summed E-state index contributed by atoms with van der Waals surface area (Å²) in [4.78, 5) is 35.7. The number of nitrogens with zero attached hydrogens (tertiary/aromatic N) is 3. The summed E-state index contributed by atoms with van der Waals surface area (Å²) in [6.45, 7) is 5.39. The Kier molecular flexibility index (Phi) is 6.49. The van der Waals surface area contributed by atoms with Crippen LogP contribution < -0.4 is 20.4 Å². The second-order valence-electron chi connectivity index (χ2n) is 12.2. The highest BCUT2D eigenvalue weighted by atomic mass is 16.3. The number of aliphatic hydroxyl groups is 1. The van der Waals surface area contributed by atoms with E-state index in [9.17, 15) is 14.7 Å². The standard InChI is InChI=1S/C32H37N5O4/c1-20-5-2-3-8-27(20)36-11-13-37(14-12-36)28-10-9-21(29(39)33-23-6-4-7-24(38)16-23)15-25(28)34-30(40)26-19-41-31(35-26)32-17-22(32)18-32/h2-3,5,8-10,15,19,22-24,38H,4,6-7,11-14,16-18H2,1H3,(H,33,39)(H,34,40). The molecule has 2 heterocycles. The lowest BCUT2D eigenvalue weighted by Crippen LogP contribution is -2.47. The molecular weight excluding hydrogens is 518 g/mol. The number of para-hydroxylation sites is 1. The van der Waals surface area contributed by atoms with Crippen molar-refractivity contribution in [1.82, 2.24) is 10.3 Å². The van der Waals surface area contributed by atoms with E-state index in [0.717, 1.165) is 64.0 Å². The summed E-state index contributed by atoms with van der Waals surface area (Å²) >= 11 is 0. The van der Waals surface area contributed by atoms with Crippen LogP contribution in [-0.4, -0.2) is 60.2 Å². The van der Waals surface area contributed by atoms with Crippen LogP contribution in [0.3, 0.4) is 0 Å². The Morgan fingerprint density at radius 1 is 1.00 bits per heavy atom. The molecule has 4 aliphatic rings. The van der Waals surface area contributed by atoms with Gasteiger partial charge in [-0.05, 0) is 81.2 Å². The fourth-order valence-corrected chi connectivity index (χ4v) is 6.57. The van der Waals surface area contributed by atoms with Gasteiger partial charge in [0.2, 0.25) is 5.89 Å². The number of piperazine rings is 1. The van der Waals surface area contributed by atoms with E-state index < -0.39 is 0 Å². The van der Waals surface area contributed by atoms with Crippen molar-refractivity contribution in [3.05, 3.63) is 71.4 Å². The lowest BCUT2D eigenvalue weighted by Gasteiger charge is -2.38. The van der Waals surface area contributed by atoms with Gasteiger partial charge in [-0.25, -0.2) is 4.98 Å². The molecule has 2 aromatic carbocycles. The zero-order valence-electron chi connectivity index (χ0n) is 23.4. The highest BCUT2D eigenvalue weighted by Gasteiger charge is 2.73. The maximum atomic E-state index is 13.3. The molecule has 9 nitrogen and oxygen atoms in total. The molecule has 41 heavy (non-hydrogen) atoms. The van der Waals surface area contributed by atoms with Gasteiger partial charge in [-0.2, -0.15) is 0 Å². The normalized spacial score (nSPS) is 26.7. The van der Waals surface area contributed by atoms with Gasteiger partial charge in [0.1, 0.15) is 6.26 Å². The molecule has 7 rings (SSSR count).